The number of pyridine rings is 1. The normalized spacial score (nSPS) is 13.6. The summed E-state index contributed by atoms with van der Waals surface area (Å²) in [6, 6.07) is 6.09. The number of anilines is 1. The fraction of sp³-hybridized carbons (Fsp3) is 0.222. The summed E-state index contributed by atoms with van der Waals surface area (Å²) in [6.45, 7) is -0.00410. The van der Waals surface area contributed by atoms with Crippen molar-refractivity contribution in [2.75, 3.05) is 11.9 Å². The van der Waals surface area contributed by atoms with E-state index in [4.69, 9.17) is 11.6 Å². The Balaban J connectivity index is 1.56. The molecule has 0 fully saturated rings. The monoisotopic (exact) mass is 411 g/mol. The van der Waals surface area contributed by atoms with Crippen molar-refractivity contribution in [1.29, 1.82) is 0 Å². The summed E-state index contributed by atoms with van der Waals surface area (Å²) in [7, 11) is 0. The lowest BCUT2D eigenvalue weighted by atomic mass is 10.2. The summed E-state index contributed by atoms with van der Waals surface area (Å²) in [4.78, 5) is 41.2. The standard InChI is InChI=1S/C18H13ClF3N3O3/c19-13-6-5-10(9-12(13)18(20,21)22)24-14(26)4-2-8-25-16(27)11-3-1-7-23-15(11)17(25)28/h1,3,5-7,9H,2,4,8H2,(H,24,26). The average Bonchev–Trinajstić information content (AvgIpc) is 2.87. The van der Waals surface area contributed by atoms with E-state index in [0.29, 0.717) is 0 Å². The highest BCUT2D eigenvalue weighted by atomic mass is 35.5. The fourth-order valence-corrected chi connectivity index (χ4v) is 2.98. The topological polar surface area (TPSA) is 79.4 Å². The van der Waals surface area contributed by atoms with Crippen molar-refractivity contribution in [3.8, 4) is 0 Å². The van der Waals surface area contributed by atoms with E-state index in [1.165, 1.54) is 18.3 Å². The molecule has 2 aromatic rings. The van der Waals surface area contributed by atoms with Gasteiger partial charge in [0, 0.05) is 24.8 Å². The molecule has 0 aliphatic carbocycles. The molecule has 1 aliphatic rings. The Bertz CT molecular complexity index is 928. The average molecular weight is 412 g/mol. The third kappa shape index (κ3) is 3.99. The largest absolute Gasteiger partial charge is 0.417 e. The Labute approximate surface area is 162 Å². The third-order valence-corrected chi connectivity index (χ3v) is 4.40. The minimum absolute atomic E-state index is 0.00410. The van der Waals surface area contributed by atoms with Crippen LogP contribution in [0.5, 0.6) is 0 Å². The van der Waals surface area contributed by atoms with E-state index in [1.54, 1.807) is 6.07 Å². The molecule has 0 radical (unpaired) electrons. The first-order valence-corrected chi connectivity index (χ1v) is 8.54. The van der Waals surface area contributed by atoms with Crippen molar-refractivity contribution in [3.63, 3.8) is 0 Å². The van der Waals surface area contributed by atoms with Crippen molar-refractivity contribution in [2.45, 2.75) is 19.0 Å². The predicted octanol–water partition coefficient (Wildman–Crippen LogP) is 3.77. The zero-order valence-electron chi connectivity index (χ0n) is 14.2. The quantitative estimate of drug-likeness (QED) is 0.760. The molecule has 3 rings (SSSR count). The van der Waals surface area contributed by atoms with Crippen LogP contribution < -0.4 is 5.32 Å². The van der Waals surface area contributed by atoms with Gasteiger partial charge in [-0.2, -0.15) is 13.2 Å². The number of carbonyl (C=O) groups is 3. The van der Waals surface area contributed by atoms with Crippen molar-refractivity contribution < 1.29 is 27.6 Å². The Kier molecular flexibility index (Phi) is 5.37. The lowest BCUT2D eigenvalue weighted by molar-refractivity contribution is -0.137. The van der Waals surface area contributed by atoms with Crippen LogP contribution in [0.25, 0.3) is 0 Å². The third-order valence-electron chi connectivity index (χ3n) is 4.07. The number of hydrogen-bond donors (Lipinski definition) is 1. The molecule has 0 atom stereocenters. The minimum atomic E-state index is -4.64. The van der Waals surface area contributed by atoms with Gasteiger partial charge in [0.1, 0.15) is 5.69 Å². The maximum Gasteiger partial charge on any atom is 0.417 e. The molecule has 10 heteroatoms. The molecule has 6 nitrogen and oxygen atoms in total. The molecule has 0 spiro atoms. The summed E-state index contributed by atoms with van der Waals surface area (Å²) in [6.07, 6.45) is -3.18. The van der Waals surface area contributed by atoms with E-state index in [9.17, 15) is 27.6 Å². The van der Waals surface area contributed by atoms with E-state index >= 15 is 0 Å². The highest BCUT2D eigenvalue weighted by Gasteiger charge is 2.36. The number of rotatable bonds is 5. The Morgan fingerprint density at radius 3 is 2.61 bits per heavy atom. The van der Waals surface area contributed by atoms with Crippen LogP contribution in [0.1, 0.15) is 39.3 Å². The van der Waals surface area contributed by atoms with E-state index in [2.05, 4.69) is 10.3 Å². The van der Waals surface area contributed by atoms with Gasteiger partial charge in [-0.1, -0.05) is 11.6 Å². The van der Waals surface area contributed by atoms with Crippen LogP contribution in [0.15, 0.2) is 36.5 Å². The molecule has 28 heavy (non-hydrogen) atoms. The summed E-state index contributed by atoms with van der Waals surface area (Å²) in [5.41, 5.74) is -0.826. The highest BCUT2D eigenvalue weighted by Crippen LogP contribution is 2.36. The van der Waals surface area contributed by atoms with Crippen LogP contribution in [0.3, 0.4) is 0 Å². The second-order valence-corrected chi connectivity index (χ2v) is 6.41. The first-order valence-electron chi connectivity index (χ1n) is 8.16. The molecule has 1 aromatic carbocycles. The summed E-state index contributed by atoms with van der Waals surface area (Å²) >= 11 is 5.53. The van der Waals surface area contributed by atoms with E-state index in [1.807, 2.05) is 0 Å². The predicted molar refractivity (Wildman–Crippen MR) is 93.9 cm³/mol. The molecule has 0 unspecified atom stereocenters. The number of alkyl halides is 3. The van der Waals surface area contributed by atoms with Crippen molar-refractivity contribution in [1.82, 2.24) is 9.88 Å². The zero-order valence-corrected chi connectivity index (χ0v) is 15.0. The zero-order chi connectivity index (χ0) is 20.5. The molecular weight excluding hydrogens is 399 g/mol. The molecule has 1 aromatic heterocycles. The number of hydrogen-bond acceptors (Lipinski definition) is 4. The van der Waals surface area contributed by atoms with Gasteiger partial charge in [0.25, 0.3) is 11.8 Å². The number of halogens is 4. The summed E-state index contributed by atoms with van der Waals surface area (Å²) in [5, 5.41) is 1.88. The van der Waals surface area contributed by atoms with E-state index in [0.717, 1.165) is 17.0 Å². The molecule has 0 saturated carbocycles. The highest BCUT2D eigenvalue weighted by molar-refractivity contribution is 6.31. The van der Waals surface area contributed by atoms with Crippen LogP contribution in [-0.4, -0.2) is 34.2 Å². The van der Waals surface area contributed by atoms with Crippen molar-refractivity contribution in [2.24, 2.45) is 0 Å². The molecule has 1 aliphatic heterocycles. The number of imide groups is 1. The lowest BCUT2D eigenvalue weighted by Crippen LogP contribution is -2.31. The van der Waals surface area contributed by atoms with E-state index in [-0.39, 0.29) is 36.3 Å². The molecule has 0 bridgehead atoms. The van der Waals surface area contributed by atoms with Gasteiger partial charge >= 0.3 is 6.18 Å². The lowest BCUT2D eigenvalue weighted by Gasteiger charge is -2.14. The van der Waals surface area contributed by atoms with Gasteiger partial charge in [0.2, 0.25) is 5.91 Å². The van der Waals surface area contributed by atoms with Crippen molar-refractivity contribution >= 4 is 35.0 Å². The second-order valence-electron chi connectivity index (χ2n) is 6.01. The SMILES string of the molecule is O=C(CCCN1C(=O)c2cccnc2C1=O)Nc1ccc(Cl)c(C(F)(F)F)c1. The molecule has 3 amide bonds. The number of amides is 3. The number of nitrogens with zero attached hydrogens (tertiary/aromatic N) is 2. The summed E-state index contributed by atoms with van der Waals surface area (Å²) in [5.74, 6) is -1.57. The number of nitrogens with one attached hydrogen (secondary N) is 1. The number of carbonyl (C=O) groups excluding carboxylic acids is 3. The Morgan fingerprint density at radius 1 is 1.18 bits per heavy atom. The van der Waals surface area contributed by atoms with Gasteiger partial charge in [0.15, 0.2) is 0 Å². The van der Waals surface area contributed by atoms with E-state index < -0.39 is 34.5 Å². The van der Waals surface area contributed by atoms with Crippen LogP contribution in [0.4, 0.5) is 18.9 Å². The van der Waals surface area contributed by atoms with Gasteiger partial charge < -0.3 is 5.32 Å². The fourth-order valence-electron chi connectivity index (χ4n) is 2.76. The minimum Gasteiger partial charge on any atom is -0.326 e. The maximum atomic E-state index is 12.9. The Morgan fingerprint density at radius 2 is 1.93 bits per heavy atom. The summed E-state index contributed by atoms with van der Waals surface area (Å²) < 4.78 is 38.6. The number of aromatic nitrogens is 1. The van der Waals surface area contributed by atoms with Crippen molar-refractivity contribution in [3.05, 3.63) is 58.4 Å². The second kappa shape index (κ2) is 7.59. The van der Waals surface area contributed by atoms with Gasteiger partial charge in [-0.15, -0.1) is 0 Å². The van der Waals surface area contributed by atoms with Crippen LogP contribution in [0.2, 0.25) is 5.02 Å². The van der Waals surface area contributed by atoms with Crippen LogP contribution in [-0.2, 0) is 11.0 Å². The van der Waals surface area contributed by atoms with Crippen LogP contribution in [0, 0.1) is 0 Å². The van der Waals surface area contributed by atoms with Gasteiger partial charge in [-0.05, 0) is 36.8 Å². The molecule has 2 heterocycles. The maximum absolute atomic E-state index is 12.9. The first kappa shape index (κ1) is 19.8. The number of benzene rings is 1. The van der Waals surface area contributed by atoms with Gasteiger partial charge in [-0.25, -0.2) is 0 Å². The van der Waals surface area contributed by atoms with Crippen LogP contribution >= 0.6 is 11.6 Å². The van der Waals surface area contributed by atoms with Gasteiger partial charge in [0.05, 0.1) is 16.1 Å². The first-order chi connectivity index (χ1) is 13.2. The molecule has 146 valence electrons. The smallest absolute Gasteiger partial charge is 0.326 e. The number of fused-ring (bicyclic) bond motifs is 1. The van der Waals surface area contributed by atoms with Gasteiger partial charge in [-0.3, -0.25) is 24.3 Å². The molecule has 0 saturated heterocycles. The Hall–Kier alpha value is -2.94. The molecular formula is C18H13ClF3N3O3. The molecule has 1 N–H and O–H groups in total.